The van der Waals surface area contributed by atoms with Gasteiger partial charge in [0, 0.05) is 32.7 Å². The maximum atomic E-state index is 12.1. The number of hydrogen-bond acceptors (Lipinski definition) is 4. The molecule has 110 valence electrons. The van der Waals surface area contributed by atoms with Gasteiger partial charge in [0.15, 0.2) is 0 Å². The summed E-state index contributed by atoms with van der Waals surface area (Å²) in [5, 5.41) is 8.99. The lowest BCUT2D eigenvalue weighted by Gasteiger charge is -2.33. The molecule has 0 spiro atoms. The zero-order chi connectivity index (χ0) is 14.9. The van der Waals surface area contributed by atoms with Crippen LogP contribution < -0.4 is 16.1 Å². The highest BCUT2D eigenvalue weighted by Gasteiger charge is 2.26. The standard InChI is InChI=1S/C13H19N3O4/c1-3-16-10(8-11(17)14(2)13(16)20)15-6-4-9(5-7-15)12(18)19/h8-9H,3-7H2,1-2H3,(H,18,19). The van der Waals surface area contributed by atoms with E-state index in [2.05, 4.69) is 0 Å². The fraction of sp³-hybridized carbons (Fsp3) is 0.615. The number of carboxylic acid groups (broad SMARTS) is 1. The second-order valence-electron chi connectivity index (χ2n) is 5.03. The van der Waals surface area contributed by atoms with Crippen LogP contribution in [-0.4, -0.2) is 33.3 Å². The van der Waals surface area contributed by atoms with Crippen LogP contribution in [0.2, 0.25) is 0 Å². The summed E-state index contributed by atoms with van der Waals surface area (Å²) in [5.74, 6) is -0.523. The lowest BCUT2D eigenvalue weighted by atomic mass is 9.97. The van der Waals surface area contributed by atoms with Crippen LogP contribution in [0.15, 0.2) is 15.7 Å². The Labute approximate surface area is 116 Å². The van der Waals surface area contributed by atoms with Gasteiger partial charge in [-0.1, -0.05) is 0 Å². The number of anilines is 1. The van der Waals surface area contributed by atoms with Gasteiger partial charge >= 0.3 is 11.7 Å². The van der Waals surface area contributed by atoms with Crippen molar-refractivity contribution in [2.45, 2.75) is 26.3 Å². The van der Waals surface area contributed by atoms with Crippen LogP contribution in [-0.2, 0) is 18.4 Å². The van der Waals surface area contributed by atoms with Gasteiger partial charge in [0.05, 0.1) is 5.92 Å². The molecule has 7 nitrogen and oxygen atoms in total. The molecule has 0 aliphatic carbocycles. The van der Waals surface area contributed by atoms with Gasteiger partial charge in [-0.15, -0.1) is 0 Å². The van der Waals surface area contributed by atoms with Crippen LogP contribution in [0, 0.1) is 5.92 Å². The molecule has 0 aromatic carbocycles. The molecular formula is C13H19N3O4. The van der Waals surface area contributed by atoms with E-state index in [-0.39, 0.29) is 17.2 Å². The van der Waals surface area contributed by atoms with Crippen molar-refractivity contribution in [3.05, 3.63) is 26.9 Å². The molecule has 0 atom stereocenters. The molecule has 7 heteroatoms. The average molecular weight is 281 g/mol. The van der Waals surface area contributed by atoms with Crippen molar-refractivity contribution >= 4 is 11.8 Å². The highest BCUT2D eigenvalue weighted by molar-refractivity contribution is 5.70. The zero-order valence-corrected chi connectivity index (χ0v) is 11.7. The van der Waals surface area contributed by atoms with Crippen molar-refractivity contribution in [1.29, 1.82) is 0 Å². The fourth-order valence-corrected chi connectivity index (χ4v) is 2.57. The second kappa shape index (κ2) is 5.52. The number of carbonyl (C=O) groups is 1. The molecule has 1 saturated heterocycles. The molecule has 2 rings (SSSR count). The van der Waals surface area contributed by atoms with Crippen molar-refractivity contribution in [1.82, 2.24) is 9.13 Å². The SMILES string of the molecule is CCn1c(N2CCC(C(=O)O)CC2)cc(=O)n(C)c1=O. The highest BCUT2D eigenvalue weighted by atomic mass is 16.4. The number of hydrogen-bond donors (Lipinski definition) is 1. The van der Waals surface area contributed by atoms with Crippen LogP contribution >= 0.6 is 0 Å². The summed E-state index contributed by atoms with van der Waals surface area (Å²) in [6, 6.07) is 1.45. The van der Waals surface area contributed by atoms with E-state index in [9.17, 15) is 14.4 Å². The Kier molecular flexibility index (Phi) is 3.96. The summed E-state index contributed by atoms with van der Waals surface area (Å²) >= 11 is 0. The molecular weight excluding hydrogens is 262 g/mol. The molecule has 20 heavy (non-hydrogen) atoms. The quantitative estimate of drug-likeness (QED) is 0.834. The summed E-state index contributed by atoms with van der Waals surface area (Å²) in [7, 11) is 1.46. The minimum Gasteiger partial charge on any atom is -0.481 e. The Hall–Kier alpha value is -2.05. The molecule has 1 aliphatic heterocycles. The van der Waals surface area contributed by atoms with Gasteiger partial charge in [-0.3, -0.25) is 18.7 Å². The molecule has 0 bridgehead atoms. The molecule has 0 saturated carbocycles. The van der Waals surface area contributed by atoms with Crippen molar-refractivity contribution in [2.75, 3.05) is 18.0 Å². The van der Waals surface area contributed by atoms with E-state index in [1.54, 1.807) is 4.57 Å². The molecule has 1 fully saturated rings. The van der Waals surface area contributed by atoms with Gasteiger partial charge in [-0.2, -0.15) is 0 Å². The molecule has 1 aliphatic rings. The molecule has 1 aromatic heterocycles. The predicted molar refractivity (Wildman–Crippen MR) is 74.2 cm³/mol. The van der Waals surface area contributed by atoms with E-state index in [1.807, 2.05) is 11.8 Å². The van der Waals surface area contributed by atoms with Gasteiger partial charge < -0.3 is 10.0 Å². The van der Waals surface area contributed by atoms with Crippen LogP contribution in [0.25, 0.3) is 0 Å². The first-order valence-corrected chi connectivity index (χ1v) is 6.74. The molecule has 1 N–H and O–H groups in total. The molecule has 1 aromatic rings. The molecule has 0 amide bonds. The Morgan fingerprint density at radius 1 is 1.35 bits per heavy atom. The summed E-state index contributed by atoms with van der Waals surface area (Å²) < 4.78 is 2.62. The Bertz CT molecular complexity index is 623. The Balaban J connectivity index is 2.33. The topological polar surface area (TPSA) is 84.5 Å². The van der Waals surface area contributed by atoms with Gasteiger partial charge in [0.1, 0.15) is 5.82 Å². The van der Waals surface area contributed by atoms with Gasteiger partial charge in [0.25, 0.3) is 5.56 Å². The number of rotatable bonds is 3. The first-order chi connectivity index (χ1) is 9.45. The summed E-state index contributed by atoms with van der Waals surface area (Å²) in [4.78, 5) is 36.7. The number of aliphatic carboxylic acids is 1. The third-order valence-electron chi connectivity index (χ3n) is 3.86. The van der Waals surface area contributed by atoms with Crippen molar-refractivity contribution in [2.24, 2.45) is 13.0 Å². The minimum absolute atomic E-state index is 0.334. The molecule has 0 unspecified atom stereocenters. The second-order valence-corrected chi connectivity index (χ2v) is 5.03. The smallest absolute Gasteiger partial charge is 0.332 e. The summed E-state index contributed by atoms with van der Waals surface area (Å²) in [6.07, 6.45) is 1.06. The monoisotopic (exact) mass is 281 g/mol. The first kappa shape index (κ1) is 14.4. The van der Waals surface area contributed by atoms with Crippen LogP contribution in [0.5, 0.6) is 0 Å². The van der Waals surface area contributed by atoms with Crippen molar-refractivity contribution in [3.8, 4) is 0 Å². The van der Waals surface area contributed by atoms with Gasteiger partial charge in [0.2, 0.25) is 0 Å². The van der Waals surface area contributed by atoms with E-state index < -0.39 is 5.97 Å². The molecule has 0 radical (unpaired) electrons. The van der Waals surface area contributed by atoms with Crippen LogP contribution in [0.1, 0.15) is 19.8 Å². The lowest BCUT2D eigenvalue weighted by molar-refractivity contribution is -0.142. The number of piperidine rings is 1. The Morgan fingerprint density at radius 3 is 2.45 bits per heavy atom. The van der Waals surface area contributed by atoms with Crippen LogP contribution in [0.3, 0.4) is 0 Å². The predicted octanol–water partition coefficient (Wildman–Crippen LogP) is -0.132. The van der Waals surface area contributed by atoms with Crippen molar-refractivity contribution in [3.63, 3.8) is 0 Å². The van der Waals surface area contributed by atoms with E-state index in [4.69, 9.17) is 5.11 Å². The van der Waals surface area contributed by atoms with E-state index in [0.29, 0.717) is 38.3 Å². The first-order valence-electron chi connectivity index (χ1n) is 6.74. The fourth-order valence-electron chi connectivity index (χ4n) is 2.57. The summed E-state index contributed by atoms with van der Waals surface area (Å²) in [5.41, 5.74) is -0.676. The van der Waals surface area contributed by atoms with Crippen LogP contribution in [0.4, 0.5) is 5.82 Å². The maximum Gasteiger partial charge on any atom is 0.332 e. The van der Waals surface area contributed by atoms with E-state index in [0.717, 1.165) is 4.57 Å². The average Bonchev–Trinajstić information content (AvgIpc) is 2.44. The van der Waals surface area contributed by atoms with Gasteiger partial charge in [-0.25, -0.2) is 4.79 Å². The van der Waals surface area contributed by atoms with E-state index in [1.165, 1.54) is 13.1 Å². The van der Waals surface area contributed by atoms with Crippen molar-refractivity contribution < 1.29 is 9.90 Å². The third kappa shape index (κ3) is 2.48. The summed E-state index contributed by atoms with van der Waals surface area (Å²) in [6.45, 7) is 3.41. The third-order valence-corrected chi connectivity index (χ3v) is 3.86. The zero-order valence-electron chi connectivity index (χ0n) is 11.7. The maximum absolute atomic E-state index is 12.1. The number of nitrogens with zero attached hydrogens (tertiary/aromatic N) is 3. The normalized spacial score (nSPS) is 16.4. The highest BCUT2D eigenvalue weighted by Crippen LogP contribution is 2.21. The Morgan fingerprint density at radius 2 is 1.95 bits per heavy atom. The number of carboxylic acids is 1. The van der Waals surface area contributed by atoms with E-state index >= 15 is 0 Å². The minimum atomic E-state index is -0.776. The molecule has 2 heterocycles. The largest absolute Gasteiger partial charge is 0.481 e. The van der Waals surface area contributed by atoms with Gasteiger partial charge in [-0.05, 0) is 19.8 Å². The lowest BCUT2D eigenvalue weighted by Crippen LogP contribution is -2.44. The number of aromatic nitrogens is 2.